The first-order valence-corrected chi connectivity index (χ1v) is 5.70. The van der Waals surface area contributed by atoms with E-state index in [1.165, 1.54) is 6.33 Å². The van der Waals surface area contributed by atoms with E-state index in [0.717, 1.165) is 24.0 Å². The summed E-state index contributed by atoms with van der Waals surface area (Å²) in [7, 11) is 1.69. The molecule has 2 heterocycles. The molecule has 0 aliphatic heterocycles. The second kappa shape index (κ2) is 5.02. The fourth-order valence-corrected chi connectivity index (χ4v) is 2.04. The largest absolute Gasteiger partial charge is 0.478 e. The van der Waals surface area contributed by atoms with Gasteiger partial charge in [-0.1, -0.05) is 0 Å². The van der Waals surface area contributed by atoms with Gasteiger partial charge in [-0.05, 0) is 11.8 Å². The van der Waals surface area contributed by atoms with Crippen molar-refractivity contribution >= 4 is 23.4 Å². The van der Waals surface area contributed by atoms with Gasteiger partial charge < -0.3 is 9.67 Å². The third-order valence-corrected chi connectivity index (χ3v) is 3.21. The maximum Gasteiger partial charge on any atom is 0.338 e. The summed E-state index contributed by atoms with van der Waals surface area (Å²) >= 11 is 0.971. The van der Waals surface area contributed by atoms with E-state index in [2.05, 4.69) is 15.2 Å². The Morgan fingerprint density at radius 2 is 2.32 bits per heavy atom. The smallest absolute Gasteiger partial charge is 0.338 e. The van der Waals surface area contributed by atoms with Gasteiger partial charge in [0, 0.05) is 13.1 Å². The number of hydrogen-bond acceptors (Lipinski definition) is 7. The monoisotopic (exact) mass is 281 g/mol. The Bertz CT molecular complexity index is 656. The molecule has 0 amide bonds. The van der Waals surface area contributed by atoms with Crippen LogP contribution < -0.4 is 0 Å². The Balaban J connectivity index is 2.43. The summed E-state index contributed by atoms with van der Waals surface area (Å²) in [5.74, 6) is -1.29. The van der Waals surface area contributed by atoms with Gasteiger partial charge >= 0.3 is 5.97 Å². The fraction of sp³-hybridized carbons (Fsp3) is 0.111. The quantitative estimate of drug-likeness (QED) is 0.649. The van der Waals surface area contributed by atoms with Crippen LogP contribution in [-0.2, 0) is 7.05 Å². The molecule has 0 spiro atoms. The van der Waals surface area contributed by atoms with E-state index >= 15 is 0 Å². The predicted molar refractivity (Wildman–Crippen MR) is 63.0 cm³/mol. The molecule has 9 nitrogen and oxygen atoms in total. The van der Waals surface area contributed by atoms with E-state index in [1.807, 2.05) is 0 Å². The minimum Gasteiger partial charge on any atom is -0.478 e. The number of carboxylic acid groups (broad SMARTS) is 1. The third kappa shape index (κ3) is 2.68. The second-order valence-electron chi connectivity index (χ2n) is 3.43. The minimum atomic E-state index is -1.29. The number of rotatable bonds is 4. The van der Waals surface area contributed by atoms with E-state index in [-0.39, 0.29) is 16.3 Å². The van der Waals surface area contributed by atoms with E-state index in [4.69, 9.17) is 5.11 Å². The molecule has 2 aromatic rings. The zero-order chi connectivity index (χ0) is 14.0. The van der Waals surface area contributed by atoms with Gasteiger partial charge in [-0.2, -0.15) is 0 Å². The van der Waals surface area contributed by atoms with Crippen LogP contribution >= 0.6 is 11.8 Å². The Morgan fingerprint density at radius 3 is 2.84 bits per heavy atom. The van der Waals surface area contributed by atoms with Crippen molar-refractivity contribution in [2.75, 3.05) is 0 Å². The number of nitro groups is 1. The Hall–Kier alpha value is -2.49. The van der Waals surface area contributed by atoms with Crippen LogP contribution in [0.1, 0.15) is 10.4 Å². The molecule has 0 unspecified atom stereocenters. The molecule has 0 bridgehead atoms. The summed E-state index contributed by atoms with van der Waals surface area (Å²) in [6.07, 6.45) is 2.46. The maximum atomic E-state index is 11.1. The Labute approximate surface area is 110 Å². The molecule has 0 aliphatic rings. The van der Waals surface area contributed by atoms with Crippen molar-refractivity contribution < 1.29 is 14.8 Å². The van der Waals surface area contributed by atoms with Gasteiger partial charge in [-0.15, -0.1) is 10.2 Å². The van der Waals surface area contributed by atoms with Crippen LogP contribution in [-0.4, -0.2) is 35.7 Å². The van der Waals surface area contributed by atoms with Gasteiger partial charge in [0.05, 0.1) is 10.5 Å². The zero-order valence-electron chi connectivity index (χ0n) is 9.55. The van der Waals surface area contributed by atoms with Crippen LogP contribution in [0.4, 0.5) is 5.69 Å². The van der Waals surface area contributed by atoms with Gasteiger partial charge in [0.25, 0.3) is 5.69 Å². The van der Waals surface area contributed by atoms with Gasteiger partial charge in [0.1, 0.15) is 17.6 Å². The molecular formula is C9H7N5O4S. The SMILES string of the molecule is Cn1cnnc1Sc1ncc([N+](=O)[O-])cc1C(=O)O. The molecule has 0 aliphatic carbocycles. The summed E-state index contributed by atoms with van der Waals surface area (Å²) in [5.41, 5.74) is -0.623. The lowest BCUT2D eigenvalue weighted by Crippen LogP contribution is -2.03. The normalized spacial score (nSPS) is 10.4. The highest BCUT2D eigenvalue weighted by Gasteiger charge is 2.19. The summed E-state index contributed by atoms with van der Waals surface area (Å²) in [6, 6.07) is 0.966. The van der Waals surface area contributed by atoms with Crippen molar-refractivity contribution in [2.24, 2.45) is 7.05 Å². The number of nitrogens with zero attached hydrogens (tertiary/aromatic N) is 5. The molecule has 10 heteroatoms. The first-order valence-electron chi connectivity index (χ1n) is 4.88. The summed E-state index contributed by atoms with van der Waals surface area (Å²) in [4.78, 5) is 24.8. The minimum absolute atomic E-state index is 0.120. The standard InChI is InChI=1S/C9H7N5O4S/c1-13-4-11-12-9(13)19-7-6(8(15)16)2-5(3-10-7)14(17)18/h2-4H,1H3,(H,15,16). The lowest BCUT2D eigenvalue weighted by molar-refractivity contribution is -0.385. The molecule has 19 heavy (non-hydrogen) atoms. The Kier molecular flexibility index (Phi) is 3.42. The van der Waals surface area contributed by atoms with Gasteiger partial charge in [-0.25, -0.2) is 9.78 Å². The van der Waals surface area contributed by atoms with Gasteiger partial charge in [0.15, 0.2) is 5.16 Å². The summed E-state index contributed by atoms with van der Waals surface area (Å²) in [5, 5.41) is 27.6. The van der Waals surface area contributed by atoms with Crippen LogP contribution in [0.2, 0.25) is 0 Å². The van der Waals surface area contributed by atoms with Crippen molar-refractivity contribution in [3.05, 3.63) is 34.3 Å². The maximum absolute atomic E-state index is 11.1. The van der Waals surface area contributed by atoms with Crippen LogP contribution in [0, 0.1) is 10.1 Å². The van der Waals surface area contributed by atoms with Crippen molar-refractivity contribution in [1.29, 1.82) is 0 Å². The molecule has 0 saturated carbocycles. The van der Waals surface area contributed by atoms with E-state index < -0.39 is 10.9 Å². The van der Waals surface area contributed by atoms with Gasteiger partial charge in [-0.3, -0.25) is 10.1 Å². The highest BCUT2D eigenvalue weighted by Crippen LogP contribution is 2.28. The number of aromatic nitrogens is 4. The van der Waals surface area contributed by atoms with E-state index in [0.29, 0.717) is 5.16 Å². The van der Waals surface area contributed by atoms with Crippen molar-refractivity contribution in [1.82, 2.24) is 19.7 Å². The molecule has 0 fully saturated rings. The van der Waals surface area contributed by atoms with E-state index in [1.54, 1.807) is 11.6 Å². The van der Waals surface area contributed by atoms with Crippen LogP contribution in [0.5, 0.6) is 0 Å². The van der Waals surface area contributed by atoms with Crippen LogP contribution in [0.3, 0.4) is 0 Å². The average Bonchev–Trinajstić information content (AvgIpc) is 2.75. The number of carboxylic acids is 1. The first-order chi connectivity index (χ1) is 8.99. The average molecular weight is 281 g/mol. The second-order valence-corrected chi connectivity index (χ2v) is 4.39. The molecule has 0 saturated heterocycles. The topological polar surface area (TPSA) is 124 Å². The molecule has 98 valence electrons. The highest BCUT2D eigenvalue weighted by atomic mass is 32.2. The highest BCUT2D eigenvalue weighted by molar-refractivity contribution is 7.99. The predicted octanol–water partition coefficient (Wildman–Crippen LogP) is 0.968. The molecule has 1 N–H and O–H groups in total. The van der Waals surface area contributed by atoms with Crippen molar-refractivity contribution in [3.8, 4) is 0 Å². The summed E-state index contributed by atoms with van der Waals surface area (Å²) in [6.45, 7) is 0. The fourth-order valence-electron chi connectivity index (χ4n) is 1.23. The number of carbonyl (C=O) groups is 1. The summed E-state index contributed by atoms with van der Waals surface area (Å²) < 4.78 is 1.58. The molecule has 2 aromatic heterocycles. The van der Waals surface area contributed by atoms with Crippen molar-refractivity contribution in [2.45, 2.75) is 10.2 Å². The third-order valence-electron chi connectivity index (χ3n) is 2.14. The molecule has 0 atom stereocenters. The van der Waals surface area contributed by atoms with Gasteiger partial charge in [0.2, 0.25) is 0 Å². The lowest BCUT2D eigenvalue weighted by Gasteiger charge is -2.03. The zero-order valence-corrected chi connectivity index (χ0v) is 10.4. The molecule has 0 radical (unpaired) electrons. The van der Waals surface area contributed by atoms with Crippen molar-refractivity contribution in [3.63, 3.8) is 0 Å². The number of hydrogen-bond donors (Lipinski definition) is 1. The molecular weight excluding hydrogens is 274 g/mol. The molecule has 0 aromatic carbocycles. The lowest BCUT2D eigenvalue weighted by atomic mass is 10.3. The first kappa shape index (κ1) is 13.0. The van der Waals surface area contributed by atoms with Crippen LogP contribution in [0.25, 0.3) is 0 Å². The number of pyridine rings is 1. The van der Waals surface area contributed by atoms with Crippen LogP contribution in [0.15, 0.2) is 28.8 Å². The molecule has 2 rings (SSSR count). The number of aromatic carboxylic acids is 1. The van der Waals surface area contributed by atoms with E-state index in [9.17, 15) is 14.9 Å². The Morgan fingerprint density at radius 1 is 1.58 bits per heavy atom. The number of aryl methyl sites for hydroxylation is 1.